The Labute approximate surface area is 167 Å². The van der Waals surface area contributed by atoms with Crippen LogP contribution in [0.2, 0.25) is 0 Å². The van der Waals surface area contributed by atoms with E-state index in [0.717, 1.165) is 26.4 Å². The molecular formula is C19H13N5O2S2. The van der Waals surface area contributed by atoms with Gasteiger partial charge in [-0.2, -0.15) is 0 Å². The Morgan fingerprint density at radius 2 is 1.96 bits per heavy atom. The van der Waals surface area contributed by atoms with Gasteiger partial charge in [0.2, 0.25) is 5.89 Å². The quantitative estimate of drug-likeness (QED) is 0.297. The summed E-state index contributed by atoms with van der Waals surface area (Å²) in [6.07, 6.45) is 1.57. The van der Waals surface area contributed by atoms with Gasteiger partial charge in [-0.05, 0) is 18.4 Å². The third-order valence-corrected chi connectivity index (χ3v) is 6.15. The summed E-state index contributed by atoms with van der Waals surface area (Å²) >= 11 is 3.17. The molecule has 4 aromatic heterocycles. The Morgan fingerprint density at radius 1 is 1.07 bits per heavy atom. The highest BCUT2D eigenvalue weighted by atomic mass is 32.2. The van der Waals surface area contributed by atoms with Crippen LogP contribution in [0.4, 0.5) is 0 Å². The molecule has 28 heavy (non-hydrogen) atoms. The fraction of sp³-hybridized carbons (Fsp3) is 0.105. The van der Waals surface area contributed by atoms with Crippen LogP contribution < -0.4 is 0 Å². The Bertz CT molecular complexity index is 1250. The maximum atomic E-state index is 5.90. The van der Waals surface area contributed by atoms with Crippen LogP contribution in [0.25, 0.3) is 32.9 Å². The van der Waals surface area contributed by atoms with Crippen LogP contribution in [0.5, 0.6) is 0 Å². The van der Waals surface area contributed by atoms with Crippen LogP contribution in [0.1, 0.15) is 11.7 Å². The van der Waals surface area contributed by atoms with Gasteiger partial charge in [-0.15, -0.1) is 21.5 Å². The summed E-state index contributed by atoms with van der Waals surface area (Å²) < 4.78 is 12.4. The zero-order valence-electron chi connectivity index (χ0n) is 14.7. The van der Waals surface area contributed by atoms with Crippen molar-refractivity contribution in [2.75, 3.05) is 0 Å². The largest absolute Gasteiger partial charge is 0.420 e. The molecule has 0 aliphatic heterocycles. The number of hydrogen-bond acceptors (Lipinski definition) is 9. The number of rotatable bonds is 5. The number of aryl methyl sites for hydroxylation is 1. The molecule has 0 unspecified atom stereocenters. The van der Waals surface area contributed by atoms with Gasteiger partial charge in [0, 0.05) is 5.56 Å². The van der Waals surface area contributed by atoms with Crippen molar-refractivity contribution in [1.29, 1.82) is 0 Å². The van der Waals surface area contributed by atoms with E-state index in [2.05, 4.69) is 25.3 Å². The Morgan fingerprint density at radius 3 is 2.86 bits per heavy atom. The van der Waals surface area contributed by atoms with E-state index in [1.54, 1.807) is 29.4 Å². The lowest BCUT2D eigenvalue weighted by Gasteiger charge is -1.99. The highest BCUT2D eigenvalue weighted by molar-refractivity contribution is 7.98. The SMILES string of the molecule is Cc1onc(-c2ccccc2)c1-c1nnc(CSc2ncnc3ccsc23)o1. The zero-order chi connectivity index (χ0) is 18.9. The molecular weight excluding hydrogens is 394 g/mol. The number of thioether (sulfide) groups is 1. The molecule has 0 fully saturated rings. The summed E-state index contributed by atoms with van der Waals surface area (Å²) in [6, 6.07) is 11.8. The topological polar surface area (TPSA) is 90.7 Å². The first-order chi connectivity index (χ1) is 13.8. The van der Waals surface area contributed by atoms with Crippen LogP contribution >= 0.6 is 23.1 Å². The van der Waals surface area contributed by atoms with Gasteiger partial charge in [-0.25, -0.2) is 9.97 Å². The maximum Gasteiger partial charge on any atom is 0.253 e. The van der Waals surface area contributed by atoms with E-state index < -0.39 is 0 Å². The van der Waals surface area contributed by atoms with Crippen molar-refractivity contribution in [3.63, 3.8) is 0 Å². The van der Waals surface area contributed by atoms with E-state index in [-0.39, 0.29) is 0 Å². The first-order valence-electron chi connectivity index (χ1n) is 8.45. The van der Waals surface area contributed by atoms with Gasteiger partial charge >= 0.3 is 0 Å². The molecule has 1 aromatic carbocycles. The molecule has 0 saturated carbocycles. The molecule has 5 aromatic rings. The standard InChI is InChI=1S/C19H13N5O2S2/c1-11-15(16(24-26-11)12-5-3-2-4-6-12)18-23-22-14(25-18)9-28-19-17-13(7-8-27-17)20-10-21-19/h2-8,10H,9H2,1H3. The number of nitrogens with zero attached hydrogens (tertiary/aromatic N) is 5. The molecule has 0 amide bonds. The van der Waals surface area contributed by atoms with Gasteiger partial charge < -0.3 is 8.94 Å². The molecule has 4 heterocycles. The molecule has 0 bridgehead atoms. The number of hydrogen-bond donors (Lipinski definition) is 0. The molecule has 0 aliphatic rings. The Balaban J connectivity index is 1.42. The molecule has 7 nitrogen and oxygen atoms in total. The van der Waals surface area contributed by atoms with E-state index >= 15 is 0 Å². The minimum Gasteiger partial charge on any atom is -0.420 e. The molecule has 138 valence electrons. The normalized spacial score (nSPS) is 11.3. The van der Waals surface area contributed by atoms with Gasteiger partial charge in [0.15, 0.2) is 0 Å². The van der Waals surface area contributed by atoms with Gasteiger partial charge in [-0.1, -0.05) is 47.3 Å². The second-order valence-electron chi connectivity index (χ2n) is 5.93. The molecule has 0 saturated heterocycles. The molecule has 0 spiro atoms. The van der Waals surface area contributed by atoms with Crippen molar-refractivity contribution in [2.24, 2.45) is 0 Å². The second kappa shape index (κ2) is 7.17. The van der Waals surface area contributed by atoms with Gasteiger partial charge in [0.25, 0.3) is 5.89 Å². The molecule has 0 atom stereocenters. The third-order valence-electron chi connectivity index (χ3n) is 4.13. The monoisotopic (exact) mass is 407 g/mol. The lowest BCUT2D eigenvalue weighted by atomic mass is 10.1. The summed E-state index contributed by atoms with van der Waals surface area (Å²) in [5.41, 5.74) is 3.29. The van der Waals surface area contributed by atoms with Gasteiger partial charge in [-0.3, -0.25) is 0 Å². The highest BCUT2D eigenvalue weighted by Gasteiger charge is 2.22. The minimum atomic E-state index is 0.400. The summed E-state index contributed by atoms with van der Waals surface area (Å²) in [4.78, 5) is 8.63. The number of fused-ring (bicyclic) bond motifs is 1. The van der Waals surface area contributed by atoms with Crippen molar-refractivity contribution in [3.05, 3.63) is 59.8 Å². The predicted octanol–water partition coefficient (Wildman–Crippen LogP) is 5.00. The Hall–Kier alpha value is -3.04. The first-order valence-corrected chi connectivity index (χ1v) is 10.3. The van der Waals surface area contributed by atoms with Gasteiger partial charge in [0.1, 0.15) is 28.4 Å². The van der Waals surface area contributed by atoms with Crippen molar-refractivity contribution < 1.29 is 8.94 Å². The molecule has 5 rings (SSSR count). The van der Waals surface area contributed by atoms with E-state index in [4.69, 9.17) is 8.94 Å². The fourth-order valence-corrected chi connectivity index (χ4v) is 4.61. The van der Waals surface area contributed by atoms with Crippen LogP contribution in [0, 0.1) is 6.92 Å². The minimum absolute atomic E-state index is 0.400. The molecule has 0 radical (unpaired) electrons. The second-order valence-corrected chi connectivity index (χ2v) is 7.81. The van der Waals surface area contributed by atoms with Crippen molar-refractivity contribution in [1.82, 2.24) is 25.3 Å². The van der Waals surface area contributed by atoms with Crippen molar-refractivity contribution >= 4 is 33.3 Å². The molecule has 9 heteroatoms. The number of thiophene rings is 1. The Kier molecular flexibility index (Phi) is 4.38. The average molecular weight is 407 g/mol. The van der Waals surface area contributed by atoms with Crippen LogP contribution in [-0.4, -0.2) is 25.3 Å². The summed E-state index contributed by atoms with van der Waals surface area (Å²) in [7, 11) is 0. The van der Waals surface area contributed by atoms with Gasteiger partial charge in [0.05, 0.1) is 16.0 Å². The van der Waals surface area contributed by atoms with Crippen LogP contribution in [0.3, 0.4) is 0 Å². The molecule has 0 N–H and O–H groups in total. The lowest BCUT2D eigenvalue weighted by molar-refractivity contribution is 0.399. The maximum absolute atomic E-state index is 5.90. The first kappa shape index (κ1) is 17.1. The highest BCUT2D eigenvalue weighted by Crippen LogP contribution is 2.35. The van der Waals surface area contributed by atoms with E-state index in [1.807, 2.05) is 48.7 Å². The third kappa shape index (κ3) is 3.08. The van der Waals surface area contributed by atoms with E-state index in [9.17, 15) is 0 Å². The number of aromatic nitrogens is 5. The smallest absolute Gasteiger partial charge is 0.253 e. The summed E-state index contributed by atoms with van der Waals surface area (Å²) in [6.45, 7) is 1.84. The average Bonchev–Trinajstić information content (AvgIpc) is 3.46. The summed E-state index contributed by atoms with van der Waals surface area (Å²) in [5, 5.41) is 15.5. The van der Waals surface area contributed by atoms with Crippen molar-refractivity contribution in [3.8, 4) is 22.7 Å². The lowest BCUT2D eigenvalue weighted by Crippen LogP contribution is -1.85. The van der Waals surface area contributed by atoms with Crippen molar-refractivity contribution in [2.45, 2.75) is 17.7 Å². The van der Waals surface area contributed by atoms with Crippen LogP contribution in [0.15, 0.2) is 62.1 Å². The van der Waals surface area contributed by atoms with E-state index in [1.165, 1.54) is 0 Å². The van der Waals surface area contributed by atoms with Crippen LogP contribution in [-0.2, 0) is 5.75 Å². The predicted molar refractivity (Wildman–Crippen MR) is 107 cm³/mol. The fourth-order valence-electron chi connectivity index (χ4n) is 2.83. The van der Waals surface area contributed by atoms with E-state index in [0.29, 0.717) is 29.0 Å². The zero-order valence-corrected chi connectivity index (χ0v) is 16.3. The summed E-state index contributed by atoms with van der Waals surface area (Å²) in [5.74, 6) is 2.07. The number of benzene rings is 1. The molecule has 0 aliphatic carbocycles.